The van der Waals surface area contributed by atoms with Gasteiger partial charge >= 0.3 is 0 Å². The number of carbonyl (C=O) groups excluding carboxylic acids is 1. The summed E-state index contributed by atoms with van der Waals surface area (Å²) in [7, 11) is 0. The van der Waals surface area contributed by atoms with Crippen LogP contribution < -0.4 is 14.8 Å². The number of aryl methyl sites for hydroxylation is 1. The first kappa shape index (κ1) is 21.4. The van der Waals surface area contributed by atoms with Gasteiger partial charge in [-0.1, -0.05) is 29.8 Å². The predicted molar refractivity (Wildman–Crippen MR) is 123 cm³/mol. The molecule has 1 heterocycles. The van der Waals surface area contributed by atoms with Gasteiger partial charge in [0.1, 0.15) is 24.2 Å². The molecule has 0 fully saturated rings. The van der Waals surface area contributed by atoms with Gasteiger partial charge in [0.15, 0.2) is 6.61 Å². The minimum Gasteiger partial charge on any atom is -0.491 e. The maximum Gasteiger partial charge on any atom is 0.262 e. The van der Waals surface area contributed by atoms with Crippen LogP contribution in [0.2, 0.25) is 0 Å². The second-order valence-corrected chi connectivity index (χ2v) is 7.52. The molecule has 32 heavy (non-hydrogen) atoms. The van der Waals surface area contributed by atoms with Gasteiger partial charge in [0.25, 0.3) is 5.91 Å². The number of anilines is 1. The summed E-state index contributed by atoms with van der Waals surface area (Å²) in [5, 5.41) is 13.1. The summed E-state index contributed by atoms with van der Waals surface area (Å²) in [4.78, 5) is 16.4. The van der Waals surface area contributed by atoms with Crippen molar-refractivity contribution in [2.24, 2.45) is 0 Å². The average molecular weight is 431 g/mol. The third-order valence-corrected chi connectivity index (χ3v) is 4.91. The average Bonchev–Trinajstić information content (AvgIpc) is 3.21. The number of nitrogens with one attached hydrogen (secondary N) is 1. The molecular weight excluding hydrogens is 406 g/mol. The standard InChI is InChI=1S/C25H25N3O4/c1-18-6-10-21(11-7-18)32-16-25(30)27-19-8-12-22(13-9-19)31-15-20(29)14-28-17-26-23-4-2-3-5-24(23)28/h2-13,17,20,29H,14-16H2,1H3,(H,27,30). The zero-order chi connectivity index (χ0) is 22.3. The Hall–Kier alpha value is -3.84. The Morgan fingerprint density at radius 2 is 1.69 bits per heavy atom. The van der Waals surface area contributed by atoms with E-state index in [9.17, 15) is 9.90 Å². The largest absolute Gasteiger partial charge is 0.491 e. The molecule has 0 aliphatic carbocycles. The minimum atomic E-state index is -0.689. The van der Waals surface area contributed by atoms with Crippen LogP contribution in [0.25, 0.3) is 11.0 Å². The molecule has 0 spiro atoms. The number of para-hydroxylation sites is 2. The Bertz CT molecular complexity index is 1170. The van der Waals surface area contributed by atoms with Gasteiger partial charge in [0, 0.05) is 5.69 Å². The van der Waals surface area contributed by atoms with Crippen molar-refractivity contribution < 1.29 is 19.4 Å². The van der Waals surface area contributed by atoms with Gasteiger partial charge in [-0.3, -0.25) is 4.79 Å². The third-order valence-electron chi connectivity index (χ3n) is 4.91. The SMILES string of the molecule is Cc1ccc(OCC(=O)Nc2ccc(OCC(O)Cn3cnc4ccccc43)cc2)cc1. The first-order valence-corrected chi connectivity index (χ1v) is 10.4. The number of fused-ring (bicyclic) bond motifs is 1. The van der Waals surface area contributed by atoms with Crippen LogP contribution in [-0.2, 0) is 11.3 Å². The lowest BCUT2D eigenvalue weighted by atomic mass is 10.2. The predicted octanol–water partition coefficient (Wildman–Crippen LogP) is 3.80. The van der Waals surface area contributed by atoms with E-state index in [2.05, 4.69) is 10.3 Å². The van der Waals surface area contributed by atoms with Crippen molar-refractivity contribution in [1.82, 2.24) is 9.55 Å². The molecule has 4 rings (SSSR count). The van der Waals surface area contributed by atoms with E-state index in [0.29, 0.717) is 23.7 Å². The summed E-state index contributed by atoms with van der Waals surface area (Å²) >= 11 is 0. The zero-order valence-electron chi connectivity index (χ0n) is 17.8. The van der Waals surface area contributed by atoms with E-state index in [1.807, 2.05) is 60.0 Å². The molecule has 0 radical (unpaired) electrons. The van der Waals surface area contributed by atoms with Crippen LogP contribution in [0, 0.1) is 6.92 Å². The molecule has 0 aliphatic rings. The summed E-state index contributed by atoms with van der Waals surface area (Å²) in [5.41, 5.74) is 3.63. The lowest BCUT2D eigenvalue weighted by Gasteiger charge is -2.14. The number of hydrogen-bond acceptors (Lipinski definition) is 5. The molecule has 0 aliphatic heterocycles. The molecule has 1 atom stereocenters. The number of aliphatic hydroxyl groups is 1. The maximum absolute atomic E-state index is 12.1. The summed E-state index contributed by atoms with van der Waals surface area (Å²) in [6, 6.07) is 22.3. The quantitative estimate of drug-likeness (QED) is 0.421. The fraction of sp³-hybridized carbons (Fsp3) is 0.200. The van der Waals surface area contributed by atoms with Gasteiger partial charge < -0.3 is 24.5 Å². The molecule has 1 unspecified atom stereocenters. The molecule has 7 heteroatoms. The smallest absolute Gasteiger partial charge is 0.262 e. The number of benzene rings is 3. The number of nitrogens with zero attached hydrogens (tertiary/aromatic N) is 2. The highest BCUT2D eigenvalue weighted by Crippen LogP contribution is 2.17. The molecular formula is C25H25N3O4. The number of rotatable bonds is 9. The van der Waals surface area contributed by atoms with Gasteiger partial charge in [-0.2, -0.15) is 0 Å². The third kappa shape index (κ3) is 5.65. The highest BCUT2D eigenvalue weighted by atomic mass is 16.5. The number of aromatic nitrogens is 2. The van der Waals surface area contributed by atoms with Crippen molar-refractivity contribution in [3.05, 3.63) is 84.7 Å². The van der Waals surface area contributed by atoms with Crippen LogP contribution >= 0.6 is 0 Å². The number of carbonyl (C=O) groups is 1. The van der Waals surface area contributed by atoms with E-state index in [1.54, 1.807) is 30.6 Å². The van der Waals surface area contributed by atoms with Crippen LogP contribution in [0.5, 0.6) is 11.5 Å². The fourth-order valence-corrected chi connectivity index (χ4v) is 3.24. The number of ether oxygens (including phenoxy) is 2. The van der Waals surface area contributed by atoms with Crippen molar-refractivity contribution in [3.63, 3.8) is 0 Å². The van der Waals surface area contributed by atoms with Crippen LogP contribution in [0.15, 0.2) is 79.1 Å². The molecule has 0 saturated carbocycles. The minimum absolute atomic E-state index is 0.0730. The van der Waals surface area contributed by atoms with Crippen molar-refractivity contribution in [2.45, 2.75) is 19.6 Å². The summed E-state index contributed by atoms with van der Waals surface area (Å²) < 4.78 is 13.1. The second kappa shape index (κ2) is 9.98. The molecule has 4 aromatic rings. The van der Waals surface area contributed by atoms with Gasteiger partial charge in [-0.15, -0.1) is 0 Å². The Kier molecular flexibility index (Phi) is 6.67. The van der Waals surface area contributed by atoms with Gasteiger partial charge in [0.2, 0.25) is 0 Å². The first-order valence-electron chi connectivity index (χ1n) is 10.4. The Morgan fingerprint density at radius 1 is 1.00 bits per heavy atom. The van der Waals surface area contributed by atoms with Crippen LogP contribution in [0.4, 0.5) is 5.69 Å². The van der Waals surface area contributed by atoms with Crippen LogP contribution in [-0.4, -0.2) is 39.9 Å². The molecule has 1 aromatic heterocycles. The zero-order valence-corrected chi connectivity index (χ0v) is 17.8. The van der Waals surface area contributed by atoms with E-state index in [1.165, 1.54) is 0 Å². The number of aliphatic hydroxyl groups excluding tert-OH is 1. The molecule has 2 N–H and O–H groups in total. The normalized spacial score (nSPS) is 11.8. The number of hydrogen-bond donors (Lipinski definition) is 2. The van der Waals surface area contributed by atoms with E-state index >= 15 is 0 Å². The molecule has 0 bridgehead atoms. The molecule has 3 aromatic carbocycles. The number of imidazole rings is 1. The second-order valence-electron chi connectivity index (χ2n) is 7.52. The highest BCUT2D eigenvalue weighted by Gasteiger charge is 2.10. The van der Waals surface area contributed by atoms with E-state index < -0.39 is 6.10 Å². The summed E-state index contributed by atoms with van der Waals surface area (Å²) in [6.45, 7) is 2.45. The number of amides is 1. The maximum atomic E-state index is 12.1. The van der Waals surface area contributed by atoms with E-state index in [4.69, 9.17) is 9.47 Å². The van der Waals surface area contributed by atoms with E-state index in [0.717, 1.165) is 16.6 Å². The first-order chi connectivity index (χ1) is 15.6. The lowest BCUT2D eigenvalue weighted by molar-refractivity contribution is -0.118. The Balaban J connectivity index is 1.22. The summed E-state index contributed by atoms with van der Waals surface area (Å²) in [5.74, 6) is 1.01. The molecule has 1 amide bonds. The van der Waals surface area contributed by atoms with Gasteiger partial charge in [-0.25, -0.2) is 4.98 Å². The lowest BCUT2D eigenvalue weighted by Crippen LogP contribution is -2.23. The Labute approximate surface area is 186 Å². The van der Waals surface area contributed by atoms with Gasteiger partial charge in [0.05, 0.1) is 23.9 Å². The molecule has 164 valence electrons. The van der Waals surface area contributed by atoms with Crippen molar-refractivity contribution in [3.8, 4) is 11.5 Å². The summed E-state index contributed by atoms with van der Waals surface area (Å²) in [6.07, 6.45) is 1.03. The monoisotopic (exact) mass is 431 g/mol. The molecule has 0 saturated heterocycles. The van der Waals surface area contributed by atoms with Crippen molar-refractivity contribution in [2.75, 3.05) is 18.5 Å². The topological polar surface area (TPSA) is 85.6 Å². The Morgan fingerprint density at radius 3 is 2.47 bits per heavy atom. The van der Waals surface area contributed by atoms with Crippen molar-refractivity contribution in [1.29, 1.82) is 0 Å². The van der Waals surface area contributed by atoms with Gasteiger partial charge in [-0.05, 0) is 55.5 Å². The van der Waals surface area contributed by atoms with Crippen LogP contribution in [0.3, 0.4) is 0 Å². The fourth-order valence-electron chi connectivity index (χ4n) is 3.24. The highest BCUT2D eigenvalue weighted by molar-refractivity contribution is 5.91. The van der Waals surface area contributed by atoms with Crippen LogP contribution in [0.1, 0.15) is 5.56 Å². The van der Waals surface area contributed by atoms with E-state index in [-0.39, 0.29) is 19.1 Å². The molecule has 7 nitrogen and oxygen atoms in total. The van der Waals surface area contributed by atoms with Crippen molar-refractivity contribution >= 4 is 22.6 Å².